The van der Waals surface area contributed by atoms with Gasteiger partial charge in [0.05, 0.1) is 11.6 Å². The molecule has 84 valence electrons. The molecule has 0 heterocycles. The number of amides is 1. The molecule has 0 spiro atoms. The summed E-state index contributed by atoms with van der Waals surface area (Å²) in [7, 11) is 0. The van der Waals surface area contributed by atoms with Crippen LogP contribution in [0.5, 0.6) is 0 Å². The van der Waals surface area contributed by atoms with Gasteiger partial charge in [0, 0.05) is 4.47 Å². The number of hydrogen-bond donors (Lipinski definition) is 1. The predicted octanol–water partition coefficient (Wildman–Crippen LogP) is 2.87. The van der Waals surface area contributed by atoms with Gasteiger partial charge < -0.3 is 5.32 Å². The summed E-state index contributed by atoms with van der Waals surface area (Å²) >= 11 is 3.30. The lowest BCUT2D eigenvalue weighted by Gasteiger charge is -2.11. The SMILES string of the molecule is CCCC(C#N)NC(=O)c1ccccc1Br. The van der Waals surface area contributed by atoms with E-state index in [1.54, 1.807) is 18.2 Å². The van der Waals surface area contributed by atoms with Crippen molar-refractivity contribution in [3.63, 3.8) is 0 Å². The predicted molar refractivity (Wildman–Crippen MR) is 65.9 cm³/mol. The van der Waals surface area contributed by atoms with Crippen LogP contribution < -0.4 is 5.32 Å². The van der Waals surface area contributed by atoms with Crippen LogP contribution in [0.2, 0.25) is 0 Å². The highest BCUT2D eigenvalue weighted by molar-refractivity contribution is 9.10. The van der Waals surface area contributed by atoms with E-state index in [0.29, 0.717) is 12.0 Å². The lowest BCUT2D eigenvalue weighted by Crippen LogP contribution is -2.33. The molecule has 0 bridgehead atoms. The maximum absolute atomic E-state index is 11.8. The van der Waals surface area contributed by atoms with E-state index in [1.165, 1.54) is 0 Å². The van der Waals surface area contributed by atoms with E-state index in [-0.39, 0.29) is 5.91 Å². The second kappa shape index (κ2) is 6.29. The Labute approximate surface area is 104 Å². The third-order valence-corrected chi connectivity index (χ3v) is 2.85. The molecule has 1 atom stereocenters. The van der Waals surface area contributed by atoms with Gasteiger partial charge in [-0.2, -0.15) is 5.26 Å². The maximum Gasteiger partial charge on any atom is 0.253 e. The summed E-state index contributed by atoms with van der Waals surface area (Å²) in [5.74, 6) is -0.215. The van der Waals surface area contributed by atoms with Gasteiger partial charge in [-0.25, -0.2) is 0 Å². The minimum atomic E-state index is -0.412. The van der Waals surface area contributed by atoms with Crippen molar-refractivity contribution < 1.29 is 4.79 Å². The van der Waals surface area contributed by atoms with Gasteiger partial charge in [0.2, 0.25) is 0 Å². The molecule has 1 unspecified atom stereocenters. The molecule has 1 amide bonds. The van der Waals surface area contributed by atoms with Crippen LogP contribution in [0.15, 0.2) is 28.7 Å². The van der Waals surface area contributed by atoms with E-state index in [1.807, 2.05) is 13.0 Å². The average Bonchev–Trinajstić information content (AvgIpc) is 2.28. The van der Waals surface area contributed by atoms with E-state index < -0.39 is 6.04 Å². The van der Waals surface area contributed by atoms with Crippen molar-refractivity contribution in [3.8, 4) is 6.07 Å². The number of hydrogen-bond acceptors (Lipinski definition) is 2. The fourth-order valence-corrected chi connectivity index (χ4v) is 1.80. The summed E-state index contributed by atoms with van der Waals surface area (Å²) in [6.07, 6.45) is 1.54. The normalized spacial score (nSPS) is 11.6. The van der Waals surface area contributed by atoms with Crippen LogP contribution >= 0.6 is 15.9 Å². The summed E-state index contributed by atoms with van der Waals surface area (Å²) in [5, 5.41) is 11.5. The quantitative estimate of drug-likeness (QED) is 0.922. The minimum Gasteiger partial charge on any atom is -0.336 e. The van der Waals surface area contributed by atoms with E-state index in [9.17, 15) is 4.79 Å². The van der Waals surface area contributed by atoms with Crippen LogP contribution in [0.3, 0.4) is 0 Å². The lowest BCUT2D eigenvalue weighted by molar-refractivity contribution is 0.0943. The van der Waals surface area contributed by atoms with Gasteiger partial charge in [-0.1, -0.05) is 25.5 Å². The molecular weight excluding hydrogens is 268 g/mol. The summed E-state index contributed by atoms with van der Waals surface area (Å²) in [4.78, 5) is 11.8. The van der Waals surface area contributed by atoms with Crippen LogP contribution in [0.4, 0.5) is 0 Å². The number of carbonyl (C=O) groups excluding carboxylic acids is 1. The zero-order valence-corrected chi connectivity index (χ0v) is 10.6. The number of nitrogens with one attached hydrogen (secondary N) is 1. The summed E-state index contributed by atoms with van der Waals surface area (Å²) in [6.45, 7) is 1.98. The number of halogens is 1. The molecule has 4 heteroatoms. The van der Waals surface area contributed by atoms with E-state index in [2.05, 4.69) is 27.3 Å². The smallest absolute Gasteiger partial charge is 0.253 e. The Bertz CT molecular complexity index is 412. The zero-order chi connectivity index (χ0) is 12.0. The summed E-state index contributed by atoms with van der Waals surface area (Å²) in [6, 6.07) is 8.82. The van der Waals surface area contributed by atoms with Crippen LogP contribution in [-0.2, 0) is 0 Å². The monoisotopic (exact) mass is 280 g/mol. The molecule has 1 rings (SSSR count). The highest BCUT2D eigenvalue weighted by Gasteiger charge is 2.13. The van der Waals surface area contributed by atoms with Crippen LogP contribution in [0, 0.1) is 11.3 Å². The Morgan fingerprint density at radius 2 is 2.25 bits per heavy atom. The topological polar surface area (TPSA) is 52.9 Å². The molecular formula is C12H13BrN2O. The first-order chi connectivity index (χ1) is 7.69. The molecule has 0 aliphatic heterocycles. The lowest BCUT2D eigenvalue weighted by atomic mass is 10.1. The van der Waals surface area contributed by atoms with E-state index in [0.717, 1.165) is 10.9 Å². The van der Waals surface area contributed by atoms with Gasteiger partial charge in [0.15, 0.2) is 0 Å². The minimum absolute atomic E-state index is 0.215. The largest absolute Gasteiger partial charge is 0.336 e. The highest BCUT2D eigenvalue weighted by atomic mass is 79.9. The second-order valence-corrected chi connectivity index (χ2v) is 4.28. The van der Waals surface area contributed by atoms with Gasteiger partial charge in [-0.3, -0.25) is 4.79 Å². The van der Waals surface area contributed by atoms with Crippen molar-refractivity contribution in [1.82, 2.24) is 5.32 Å². The van der Waals surface area contributed by atoms with E-state index in [4.69, 9.17) is 5.26 Å². The molecule has 3 nitrogen and oxygen atoms in total. The van der Waals surface area contributed by atoms with Crippen molar-refractivity contribution in [3.05, 3.63) is 34.3 Å². The number of rotatable bonds is 4. The van der Waals surface area contributed by atoms with Crippen molar-refractivity contribution in [2.75, 3.05) is 0 Å². The molecule has 1 N–H and O–H groups in total. The van der Waals surface area contributed by atoms with Gasteiger partial charge in [-0.05, 0) is 34.5 Å². The third-order valence-electron chi connectivity index (χ3n) is 2.16. The molecule has 16 heavy (non-hydrogen) atoms. The molecule has 1 aromatic carbocycles. The summed E-state index contributed by atoms with van der Waals surface area (Å²) < 4.78 is 0.737. The Morgan fingerprint density at radius 1 is 1.56 bits per heavy atom. The molecule has 0 aliphatic carbocycles. The Kier molecular flexibility index (Phi) is 5.00. The fourth-order valence-electron chi connectivity index (χ4n) is 1.34. The van der Waals surface area contributed by atoms with Crippen molar-refractivity contribution in [2.24, 2.45) is 0 Å². The first kappa shape index (κ1) is 12.7. The van der Waals surface area contributed by atoms with Gasteiger partial charge in [-0.15, -0.1) is 0 Å². The Hall–Kier alpha value is -1.34. The first-order valence-corrected chi connectivity index (χ1v) is 5.93. The molecule has 0 saturated carbocycles. The van der Waals surface area contributed by atoms with Gasteiger partial charge in [0.25, 0.3) is 5.91 Å². The van der Waals surface area contributed by atoms with Gasteiger partial charge >= 0.3 is 0 Å². The standard InChI is InChI=1S/C12H13BrN2O/c1-2-5-9(8-14)15-12(16)10-6-3-4-7-11(10)13/h3-4,6-7,9H,2,5H2,1H3,(H,15,16). The first-order valence-electron chi connectivity index (χ1n) is 5.14. The fraction of sp³-hybridized carbons (Fsp3) is 0.333. The Balaban J connectivity index is 2.73. The highest BCUT2D eigenvalue weighted by Crippen LogP contribution is 2.15. The van der Waals surface area contributed by atoms with Crippen molar-refractivity contribution in [1.29, 1.82) is 5.26 Å². The zero-order valence-electron chi connectivity index (χ0n) is 9.03. The van der Waals surface area contributed by atoms with Crippen molar-refractivity contribution >= 4 is 21.8 Å². The van der Waals surface area contributed by atoms with Crippen LogP contribution in [0.25, 0.3) is 0 Å². The average molecular weight is 281 g/mol. The van der Waals surface area contributed by atoms with Gasteiger partial charge in [0.1, 0.15) is 6.04 Å². The molecule has 0 radical (unpaired) electrons. The number of nitriles is 1. The van der Waals surface area contributed by atoms with Crippen LogP contribution in [0.1, 0.15) is 30.1 Å². The Morgan fingerprint density at radius 3 is 2.81 bits per heavy atom. The number of benzene rings is 1. The maximum atomic E-state index is 11.8. The number of nitrogens with zero attached hydrogens (tertiary/aromatic N) is 1. The molecule has 0 aromatic heterocycles. The van der Waals surface area contributed by atoms with Crippen molar-refractivity contribution in [2.45, 2.75) is 25.8 Å². The molecule has 0 aliphatic rings. The third kappa shape index (κ3) is 3.35. The summed E-state index contributed by atoms with van der Waals surface area (Å²) in [5.41, 5.74) is 0.554. The van der Waals surface area contributed by atoms with E-state index >= 15 is 0 Å². The van der Waals surface area contributed by atoms with Crippen LogP contribution in [-0.4, -0.2) is 11.9 Å². The number of carbonyl (C=O) groups is 1. The molecule has 0 fully saturated rings. The molecule has 0 saturated heterocycles. The second-order valence-electron chi connectivity index (χ2n) is 3.42. The molecule has 1 aromatic rings.